The average molecular weight is 421 g/mol. The third-order valence-corrected chi connectivity index (χ3v) is 5.19. The van der Waals surface area contributed by atoms with Gasteiger partial charge >= 0.3 is 0 Å². The van der Waals surface area contributed by atoms with Crippen LogP contribution in [0.3, 0.4) is 0 Å². The maximum atomic E-state index is 5.91. The van der Waals surface area contributed by atoms with Gasteiger partial charge in [-0.3, -0.25) is 0 Å². The van der Waals surface area contributed by atoms with Crippen LogP contribution < -0.4 is 10.1 Å². The van der Waals surface area contributed by atoms with Crippen molar-refractivity contribution in [2.75, 3.05) is 33.4 Å². The second-order valence-electron chi connectivity index (χ2n) is 7.10. The Kier molecular flexibility index (Phi) is 7.71. The van der Waals surface area contributed by atoms with Crippen molar-refractivity contribution in [3.63, 3.8) is 0 Å². The van der Waals surface area contributed by atoms with Gasteiger partial charge in [0.15, 0.2) is 11.8 Å². The monoisotopic (exact) mass is 420 g/mol. The van der Waals surface area contributed by atoms with Crippen LogP contribution in [0.5, 0.6) is 5.75 Å². The molecule has 29 heavy (non-hydrogen) atoms. The number of benzene rings is 1. The Morgan fingerprint density at radius 2 is 2.17 bits per heavy atom. The number of aliphatic imine (C=N–C) groups is 1. The normalized spacial score (nSPS) is 16.8. The first kappa shape index (κ1) is 21.4. The molecule has 0 spiro atoms. The molecule has 8 nitrogen and oxygen atoms in total. The van der Waals surface area contributed by atoms with Crippen LogP contribution in [0, 0.1) is 6.92 Å². The Morgan fingerprint density at radius 3 is 2.83 bits per heavy atom. The number of aromatic nitrogens is 3. The van der Waals surface area contributed by atoms with E-state index in [1.54, 1.807) is 0 Å². The van der Waals surface area contributed by atoms with Crippen LogP contribution >= 0.6 is 11.6 Å². The van der Waals surface area contributed by atoms with Gasteiger partial charge < -0.3 is 24.3 Å². The van der Waals surface area contributed by atoms with E-state index in [4.69, 9.17) is 26.1 Å². The van der Waals surface area contributed by atoms with Gasteiger partial charge in [-0.25, -0.2) is 4.99 Å². The van der Waals surface area contributed by atoms with Crippen molar-refractivity contribution in [2.45, 2.75) is 32.4 Å². The molecule has 1 aromatic heterocycles. The standard InChI is InChI=1S/C20H29ClN6O2/c1-15-24-25-19(27(15)3)14-23-20(22-13-18-5-4-11-28-18)26(2)10-12-29-17-8-6-16(21)7-9-17/h6-9,18H,4-5,10-14H2,1-3H3,(H,22,23). The molecule has 1 unspecified atom stereocenters. The number of hydrogen-bond donors (Lipinski definition) is 1. The van der Waals surface area contributed by atoms with E-state index in [0.29, 0.717) is 24.7 Å². The number of hydrogen-bond acceptors (Lipinski definition) is 5. The largest absolute Gasteiger partial charge is 0.492 e. The van der Waals surface area contributed by atoms with Crippen LogP contribution in [-0.2, 0) is 18.3 Å². The van der Waals surface area contributed by atoms with Gasteiger partial charge in [0.05, 0.1) is 12.6 Å². The minimum atomic E-state index is 0.232. The number of nitrogens with zero attached hydrogens (tertiary/aromatic N) is 5. The van der Waals surface area contributed by atoms with Gasteiger partial charge in [0.2, 0.25) is 0 Å². The maximum Gasteiger partial charge on any atom is 0.194 e. The summed E-state index contributed by atoms with van der Waals surface area (Å²) in [7, 11) is 3.94. The Morgan fingerprint density at radius 1 is 1.38 bits per heavy atom. The van der Waals surface area contributed by atoms with Gasteiger partial charge in [0.1, 0.15) is 24.7 Å². The molecule has 9 heteroatoms. The molecular weight excluding hydrogens is 392 g/mol. The van der Waals surface area contributed by atoms with Gasteiger partial charge in [-0.1, -0.05) is 11.6 Å². The lowest BCUT2D eigenvalue weighted by molar-refractivity contribution is 0.113. The van der Waals surface area contributed by atoms with E-state index in [9.17, 15) is 0 Å². The number of likely N-dealkylation sites (N-methyl/N-ethyl adjacent to an activating group) is 1. The summed E-state index contributed by atoms with van der Waals surface area (Å²) in [6.07, 6.45) is 2.42. The summed E-state index contributed by atoms with van der Waals surface area (Å²) in [5.74, 6) is 3.28. The molecule has 158 valence electrons. The van der Waals surface area contributed by atoms with E-state index in [-0.39, 0.29) is 6.10 Å². The highest BCUT2D eigenvalue weighted by Crippen LogP contribution is 2.15. The fourth-order valence-electron chi connectivity index (χ4n) is 2.99. The summed E-state index contributed by atoms with van der Waals surface area (Å²) in [6.45, 7) is 5.16. The zero-order valence-electron chi connectivity index (χ0n) is 17.3. The van der Waals surface area contributed by atoms with Gasteiger partial charge in [0.25, 0.3) is 0 Å². The Hall–Kier alpha value is -2.32. The SMILES string of the molecule is Cc1nnc(CN=C(NCC2CCCO2)N(C)CCOc2ccc(Cl)cc2)n1C. The molecule has 0 bridgehead atoms. The van der Waals surface area contributed by atoms with Crippen molar-refractivity contribution in [2.24, 2.45) is 12.0 Å². The molecule has 2 heterocycles. The van der Waals surface area contributed by atoms with Gasteiger partial charge in [-0.05, 0) is 44.0 Å². The molecular formula is C20H29ClN6O2. The molecule has 0 amide bonds. The fourth-order valence-corrected chi connectivity index (χ4v) is 3.12. The smallest absolute Gasteiger partial charge is 0.194 e. The number of halogens is 1. The zero-order valence-corrected chi connectivity index (χ0v) is 18.0. The second kappa shape index (κ2) is 10.5. The summed E-state index contributed by atoms with van der Waals surface area (Å²) in [5.41, 5.74) is 0. The van der Waals surface area contributed by atoms with Crippen molar-refractivity contribution >= 4 is 17.6 Å². The van der Waals surface area contributed by atoms with E-state index < -0.39 is 0 Å². The summed E-state index contributed by atoms with van der Waals surface area (Å²) in [4.78, 5) is 6.80. The topological polar surface area (TPSA) is 76.8 Å². The molecule has 0 saturated carbocycles. The minimum absolute atomic E-state index is 0.232. The highest BCUT2D eigenvalue weighted by atomic mass is 35.5. The predicted molar refractivity (Wildman–Crippen MR) is 113 cm³/mol. The molecule has 1 aromatic carbocycles. The first-order valence-corrected chi connectivity index (χ1v) is 10.2. The van der Waals surface area contributed by atoms with Crippen LogP contribution in [0.4, 0.5) is 0 Å². The summed E-state index contributed by atoms with van der Waals surface area (Å²) >= 11 is 5.91. The molecule has 1 N–H and O–H groups in total. The van der Waals surface area contributed by atoms with Crippen molar-refractivity contribution in [3.8, 4) is 5.75 Å². The van der Waals surface area contributed by atoms with Gasteiger partial charge in [-0.15, -0.1) is 10.2 Å². The Labute approximate surface area is 176 Å². The number of rotatable bonds is 8. The van der Waals surface area contributed by atoms with E-state index in [1.165, 1.54) is 0 Å². The Balaban J connectivity index is 1.58. The summed E-state index contributed by atoms with van der Waals surface area (Å²) < 4.78 is 13.5. The van der Waals surface area contributed by atoms with E-state index >= 15 is 0 Å². The van der Waals surface area contributed by atoms with Gasteiger partial charge in [-0.2, -0.15) is 0 Å². The van der Waals surface area contributed by atoms with Crippen LogP contribution in [0.1, 0.15) is 24.5 Å². The molecule has 1 aliphatic heterocycles. The Bertz CT molecular complexity index is 802. The summed E-state index contributed by atoms with van der Waals surface area (Å²) in [6, 6.07) is 7.37. The molecule has 1 fully saturated rings. The zero-order chi connectivity index (χ0) is 20.6. The highest BCUT2D eigenvalue weighted by molar-refractivity contribution is 6.30. The molecule has 1 aliphatic rings. The third-order valence-electron chi connectivity index (χ3n) is 4.94. The highest BCUT2D eigenvalue weighted by Gasteiger charge is 2.17. The number of ether oxygens (including phenoxy) is 2. The average Bonchev–Trinajstić information content (AvgIpc) is 3.34. The molecule has 2 aromatic rings. The van der Waals surface area contributed by atoms with E-state index in [1.807, 2.05) is 54.8 Å². The van der Waals surface area contributed by atoms with Crippen molar-refractivity contribution in [3.05, 3.63) is 40.9 Å². The third kappa shape index (κ3) is 6.33. The number of aryl methyl sites for hydroxylation is 1. The van der Waals surface area contributed by atoms with Crippen LogP contribution in [0.15, 0.2) is 29.3 Å². The predicted octanol–water partition coefficient (Wildman–Crippen LogP) is 2.41. The molecule has 0 radical (unpaired) electrons. The fraction of sp³-hybridized carbons (Fsp3) is 0.550. The van der Waals surface area contributed by atoms with Crippen LogP contribution in [0.25, 0.3) is 0 Å². The first-order valence-electron chi connectivity index (χ1n) is 9.87. The number of nitrogens with one attached hydrogen (secondary N) is 1. The van der Waals surface area contributed by atoms with E-state index in [0.717, 1.165) is 49.4 Å². The molecule has 1 saturated heterocycles. The lowest BCUT2D eigenvalue weighted by Gasteiger charge is -2.23. The first-order chi connectivity index (χ1) is 14.0. The summed E-state index contributed by atoms with van der Waals surface area (Å²) in [5, 5.41) is 12.4. The lowest BCUT2D eigenvalue weighted by atomic mass is 10.2. The number of guanidine groups is 1. The van der Waals surface area contributed by atoms with Crippen molar-refractivity contribution < 1.29 is 9.47 Å². The maximum absolute atomic E-state index is 5.91. The van der Waals surface area contributed by atoms with E-state index in [2.05, 4.69) is 15.5 Å². The van der Waals surface area contributed by atoms with Crippen LogP contribution in [0.2, 0.25) is 5.02 Å². The lowest BCUT2D eigenvalue weighted by Crippen LogP contribution is -2.43. The van der Waals surface area contributed by atoms with Crippen molar-refractivity contribution in [1.29, 1.82) is 0 Å². The van der Waals surface area contributed by atoms with Gasteiger partial charge in [0, 0.05) is 32.3 Å². The molecule has 0 aliphatic carbocycles. The van der Waals surface area contributed by atoms with Crippen LogP contribution in [-0.4, -0.2) is 65.1 Å². The van der Waals surface area contributed by atoms with Crippen molar-refractivity contribution in [1.82, 2.24) is 25.0 Å². The second-order valence-corrected chi connectivity index (χ2v) is 7.54. The quantitative estimate of drug-likeness (QED) is 0.522. The minimum Gasteiger partial charge on any atom is -0.492 e. The molecule has 1 atom stereocenters. The molecule has 3 rings (SSSR count).